The SMILES string of the molecule is COc1ccc(-c2cc(-c3ccccc3)nc(SCC(=O)N3CCOCC3)c2C#N)cc1. The molecule has 2 aromatic carbocycles. The lowest BCUT2D eigenvalue weighted by molar-refractivity contribution is -0.132. The number of methoxy groups -OCH3 is 1. The van der Waals surface area contributed by atoms with Gasteiger partial charge in [-0.1, -0.05) is 54.2 Å². The van der Waals surface area contributed by atoms with Crippen LogP contribution in [0, 0.1) is 11.3 Å². The van der Waals surface area contributed by atoms with Crippen molar-refractivity contribution in [3.8, 4) is 34.2 Å². The van der Waals surface area contributed by atoms with E-state index in [9.17, 15) is 10.1 Å². The minimum Gasteiger partial charge on any atom is -0.497 e. The minimum absolute atomic E-state index is 0.0279. The molecular weight excluding hydrogens is 422 g/mol. The summed E-state index contributed by atoms with van der Waals surface area (Å²) in [6.07, 6.45) is 0. The zero-order valence-corrected chi connectivity index (χ0v) is 18.6. The summed E-state index contributed by atoms with van der Waals surface area (Å²) in [5, 5.41) is 10.6. The highest BCUT2D eigenvalue weighted by Gasteiger charge is 2.20. The number of morpholine rings is 1. The normalized spacial score (nSPS) is 13.4. The summed E-state index contributed by atoms with van der Waals surface area (Å²) in [5.74, 6) is 0.998. The van der Waals surface area contributed by atoms with E-state index in [1.54, 1.807) is 12.0 Å². The predicted octanol–water partition coefficient (Wildman–Crippen LogP) is 4.25. The first-order valence-corrected chi connectivity index (χ1v) is 11.3. The van der Waals surface area contributed by atoms with Crippen molar-refractivity contribution in [1.82, 2.24) is 9.88 Å². The third-order valence-corrected chi connectivity index (χ3v) is 6.22. The molecule has 0 atom stereocenters. The molecule has 1 saturated heterocycles. The van der Waals surface area contributed by atoms with Gasteiger partial charge in [0.15, 0.2) is 0 Å². The summed E-state index contributed by atoms with van der Waals surface area (Å²) >= 11 is 1.31. The van der Waals surface area contributed by atoms with Crippen LogP contribution in [0.5, 0.6) is 5.75 Å². The van der Waals surface area contributed by atoms with Crippen molar-refractivity contribution in [3.63, 3.8) is 0 Å². The van der Waals surface area contributed by atoms with E-state index in [1.807, 2.05) is 60.7 Å². The molecule has 0 N–H and O–H groups in total. The maximum atomic E-state index is 12.7. The summed E-state index contributed by atoms with van der Waals surface area (Å²) < 4.78 is 10.6. The van der Waals surface area contributed by atoms with Crippen LogP contribution in [0.15, 0.2) is 65.7 Å². The van der Waals surface area contributed by atoms with Crippen LogP contribution in [0.3, 0.4) is 0 Å². The molecule has 1 aliphatic rings. The monoisotopic (exact) mass is 445 g/mol. The van der Waals surface area contributed by atoms with Gasteiger partial charge in [-0.2, -0.15) is 5.26 Å². The van der Waals surface area contributed by atoms with Gasteiger partial charge in [0.2, 0.25) is 5.91 Å². The van der Waals surface area contributed by atoms with Gasteiger partial charge in [-0.05, 0) is 23.8 Å². The van der Waals surface area contributed by atoms with Crippen molar-refractivity contribution < 1.29 is 14.3 Å². The Kier molecular flexibility index (Phi) is 7.05. The molecule has 0 radical (unpaired) electrons. The summed E-state index contributed by atoms with van der Waals surface area (Å²) in [4.78, 5) is 19.2. The molecule has 3 aromatic rings. The lowest BCUT2D eigenvalue weighted by atomic mass is 9.99. The van der Waals surface area contributed by atoms with Crippen LogP contribution >= 0.6 is 11.8 Å². The van der Waals surface area contributed by atoms with Crippen molar-refractivity contribution in [2.24, 2.45) is 0 Å². The average Bonchev–Trinajstić information content (AvgIpc) is 2.87. The smallest absolute Gasteiger partial charge is 0.233 e. The van der Waals surface area contributed by atoms with Gasteiger partial charge in [-0.3, -0.25) is 4.79 Å². The number of carbonyl (C=O) groups excluding carboxylic acids is 1. The van der Waals surface area contributed by atoms with Crippen molar-refractivity contribution in [1.29, 1.82) is 5.26 Å². The molecule has 7 heteroatoms. The van der Waals surface area contributed by atoms with Crippen LogP contribution in [0.25, 0.3) is 22.4 Å². The molecule has 1 aromatic heterocycles. The number of carbonyl (C=O) groups is 1. The number of ether oxygens (including phenoxy) is 2. The van der Waals surface area contributed by atoms with Crippen molar-refractivity contribution in [2.75, 3.05) is 39.2 Å². The van der Waals surface area contributed by atoms with E-state index in [1.165, 1.54) is 11.8 Å². The third kappa shape index (κ3) is 4.93. The molecular formula is C25H23N3O3S. The van der Waals surface area contributed by atoms with E-state index in [0.29, 0.717) is 36.9 Å². The Labute approximate surface area is 191 Å². The van der Waals surface area contributed by atoms with Gasteiger partial charge in [0.05, 0.1) is 37.3 Å². The summed E-state index contributed by atoms with van der Waals surface area (Å²) in [6, 6.07) is 21.7. The number of nitrogens with zero attached hydrogens (tertiary/aromatic N) is 3. The van der Waals surface area contributed by atoms with Gasteiger partial charge in [0.25, 0.3) is 0 Å². The van der Waals surface area contributed by atoms with E-state index < -0.39 is 0 Å². The molecule has 0 aliphatic carbocycles. The molecule has 4 rings (SSSR count). The van der Waals surface area contributed by atoms with Crippen molar-refractivity contribution >= 4 is 17.7 Å². The van der Waals surface area contributed by atoms with E-state index in [-0.39, 0.29) is 11.7 Å². The van der Waals surface area contributed by atoms with Crippen LogP contribution in [0.1, 0.15) is 5.56 Å². The minimum atomic E-state index is 0.0279. The van der Waals surface area contributed by atoms with Gasteiger partial charge >= 0.3 is 0 Å². The van der Waals surface area contributed by atoms with Gasteiger partial charge < -0.3 is 14.4 Å². The first-order valence-electron chi connectivity index (χ1n) is 10.3. The zero-order chi connectivity index (χ0) is 22.3. The molecule has 6 nitrogen and oxygen atoms in total. The molecule has 0 saturated carbocycles. The number of rotatable bonds is 6. The summed E-state index contributed by atoms with van der Waals surface area (Å²) in [6.45, 7) is 2.31. The van der Waals surface area contributed by atoms with Gasteiger partial charge in [0, 0.05) is 24.2 Å². The lowest BCUT2D eigenvalue weighted by Crippen LogP contribution is -2.41. The molecule has 32 heavy (non-hydrogen) atoms. The number of amides is 1. The highest BCUT2D eigenvalue weighted by molar-refractivity contribution is 8.00. The number of aromatic nitrogens is 1. The molecule has 162 valence electrons. The van der Waals surface area contributed by atoms with Crippen LogP contribution in [-0.4, -0.2) is 55.0 Å². The number of thioether (sulfide) groups is 1. The quantitative estimate of drug-likeness (QED) is 0.528. The van der Waals surface area contributed by atoms with Crippen LogP contribution in [-0.2, 0) is 9.53 Å². The topological polar surface area (TPSA) is 75.4 Å². The molecule has 0 unspecified atom stereocenters. The van der Waals surface area contributed by atoms with Gasteiger partial charge in [-0.25, -0.2) is 4.98 Å². The largest absolute Gasteiger partial charge is 0.497 e. The third-order valence-electron chi connectivity index (χ3n) is 5.26. The van der Waals surface area contributed by atoms with Gasteiger partial charge in [-0.15, -0.1) is 0 Å². The van der Waals surface area contributed by atoms with Crippen LogP contribution in [0.4, 0.5) is 0 Å². The summed E-state index contributed by atoms with van der Waals surface area (Å²) in [7, 11) is 1.62. The number of hydrogen-bond donors (Lipinski definition) is 0. The van der Waals surface area contributed by atoms with E-state index in [4.69, 9.17) is 14.5 Å². The Morgan fingerprint density at radius 3 is 2.50 bits per heavy atom. The first-order chi connectivity index (χ1) is 15.7. The second kappa shape index (κ2) is 10.3. The molecule has 0 spiro atoms. The fourth-order valence-corrected chi connectivity index (χ4v) is 4.43. The van der Waals surface area contributed by atoms with Crippen LogP contribution < -0.4 is 4.74 Å². The standard InChI is InChI=1S/C25H23N3O3S/c1-30-20-9-7-18(8-10-20)21-15-23(19-5-3-2-4-6-19)27-25(22(21)16-26)32-17-24(29)28-11-13-31-14-12-28/h2-10,15H,11-14,17H2,1H3. The number of benzene rings is 2. The van der Waals surface area contributed by atoms with Crippen molar-refractivity contribution in [2.45, 2.75) is 5.03 Å². The fraction of sp³-hybridized carbons (Fsp3) is 0.240. The molecule has 1 fully saturated rings. The maximum Gasteiger partial charge on any atom is 0.233 e. The first kappa shape index (κ1) is 21.9. The van der Waals surface area contributed by atoms with Crippen LogP contribution in [0.2, 0.25) is 0 Å². The lowest BCUT2D eigenvalue weighted by Gasteiger charge is -2.26. The van der Waals surface area contributed by atoms with E-state index >= 15 is 0 Å². The van der Waals surface area contributed by atoms with E-state index in [2.05, 4.69) is 6.07 Å². The Bertz CT molecular complexity index is 1120. The predicted molar refractivity (Wildman–Crippen MR) is 124 cm³/mol. The van der Waals surface area contributed by atoms with Gasteiger partial charge in [0.1, 0.15) is 16.8 Å². The average molecular weight is 446 g/mol. The Morgan fingerprint density at radius 2 is 1.84 bits per heavy atom. The molecule has 2 heterocycles. The maximum absolute atomic E-state index is 12.7. The molecule has 1 aliphatic heterocycles. The zero-order valence-electron chi connectivity index (χ0n) is 17.8. The second-order valence-electron chi connectivity index (χ2n) is 7.22. The second-order valence-corrected chi connectivity index (χ2v) is 8.19. The highest BCUT2D eigenvalue weighted by Crippen LogP contribution is 2.35. The highest BCUT2D eigenvalue weighted by atomic mass is 32.2. The summed E-state index contributed by atoms with van der Waals surface area (Å²) in [5.41, 5.74) is 3.85. The Balaban J connectivity index is 1.71. The Morgan fingerprint density at radius 1 is 1.12 bits per heavy atom. The number of hydrogen-bond acceptors (Lipinski definition) is 6. The van der Waals surface area contributed by atoms with Crippen molar-refractivity contribution in [3.05, 3.63) is 66.2 Å². The Hall–Kier alpha value is -3.34. The fourth-order valence-electron chi connectivity index (χ4n) is 3.52. The molecule has 0 bridgehead atoms. The van der Waals surface area contributed by atoms with E-state index in [0.717, 1.165) is 28.1 Å². The number of pyridine rings is 1. The number of nitriles is 1. The molecule has 1 amide bonds.